The maximum absolute atomic E-state index is 13.4. The van der Waals surface area contributed by atoms with Gasteiger partial charge in [-0.1, -0.05) is 49.2 Å². The highest BCUT2D eigenvalue weighted by Crippen LogP contribution is 2.29. The molecule has 0 unspecified atom stereocenters. The van der Waals surface area contributed by atoms with Crippen molar-refractivity contribution in [2.24, 2.45) is 5.92 Å². The van der Waals surface area contributed by atoms with Crippen LogP contribution in [0.3, 0.4) is 0 Å². The Morgan fingerprint density at radius 3 is 2.41 bits per heavy atom. The smallest absolute Gasteiger partial charge is 0.225 e. The summed E-state index contributed by atoms with van der Waals surface area (Å²) in [6.45, 7) is 0.991. The van der Waals surface area contributed by atoms with Crippen LogP contribution >= 0.6 is 0 Å². The van der Waals surface area contributed by atoms with Crippen molar-refractivity contribution in [1.29, 1.82) is 0 Å². The van der Waals surface area contributed by atoms with Gasteiger partial charge in [0.2, 0.25) is 11.9 Å². The molecule has 0 N–H and O–H groups in total. The van der Waals surface area contributed by atoms with Gasteiger partial charge in [-0.15, -0.1) is 0 Å². The lowest BCUT2D eigenvalue weighted by molar-refractivity contribution is -0.133. The molecule has 0 saturated heterocycles. The van der Waals surface area contributed by atoms with E-state index in [2.05, 4.69) is 22.1 Å². The molecule has 2 aromatic heterocycles. The van der Waals surface area contributed by atoms with Crippen molar-refractivity contribution in [2.45, 2.75) is 45.2 Å². The van der Waals surface area contributed by atoms with Crippen molar-refractivity contribution in [1.82, 2.24) is 19.9 Å². The lowest BCUT2D eigenvalue weighted by atomic mass is 10.0. The van der Waals surface area contributed by atoms with Crippen molar-refractivity contribution >= 4 is 11.9 Å². The second-order valence-electron chi connectivity index (χ2n) is 8.73. The first kappa shape index (κ1) is 21.9. The molecule has 166 valence electrons. The van der Waals surface area contributed by atoms with E-state index in [-0.39, 0.29) is 5.91 Å². The number of amides is 1. The van der Waals surface area contributed by atoms with Gasteiger partial charge < -0.3 is 9.80 Å². The third-order valence-corrected chi connectivity index (χ3v) is 6.04. The van der Waals surface area contributed by atoms with Gasteiger partial charge in [-0.3, -0.25) is 9.78 Å². The van der Waals surface area contributed by atoms with Gasteiger partial charge >= 0.3 is 0 Å². The van der Waals surface area contributed by atoms with Gasteiger partial charge in [-0.05, 0) is 36.5 Å². The second-order valence-corrected chi connectivity index (χ2v) is 8.73. The van der Waals surface area contributed by atoms with Crippen molar-refractivity contribution in [3.05, 3.63) is 72.2 Å². The number of anilines is 1. The average molecular weight is 430 g/mol. The normalized spacial score (nSPS) is 13.8. The van der Waals surface area contributed by atoms with E-state index in [9.17, 15) is 4.79 Å². The summed E-state index contributed by atoms with van der Waals surface area (Å²) in [7, 11) is 3.85. The van der Waals surface area contributed by atoms with E-state index in [0.717, 1.165) is 35.4 Å². The quantitative estimate of drug-likeness (QED) is 0.519. The molecule has 4 rings (SSSR count). The monoisotopic (exact) mass is 429 g/mol. The molecule has 0 spiro atoms. The first-order valence-electron chi connectivity index (χ1n) is 11.4. The summed E-state index contributed by atoms with van der Waals surface area (Å²) in [5.41, 5.74) is 3.62. The zero-order chi connectivity index (χ0) is 22.3. The molecule has 1 amide bonds. The summed E-state index contributed by atoms with van der Waals surface area (Å²) in [5, 5.41) is 0. The molecule has 0 atom stereocenters. The minimum Gasteiger partial charge on any atom is -0.347 e. The van der Waals surface area contributed by atoms with E-state index in [0.29, 0.717) is 31.4 Å². The number of carbonyl (C=O) groups is 1. The molecule has 1 aliphatic rings. The second kappa shape index (κ2) is 10.4. The highest BCUT2D eigenvalue weighted by molar-refractivity contribution is 5.77. The topological polar surface area (TPSA) is 62.2 Å². The lowest BCUT2D eigenvalue weighted by Crippen LogP contribution is -2.32. The Hall–Kier alpha value is -3.28. The van der Waals surface area contributed by atoms with Gasteiger partial charge in [0.1, 0.15) is 0 Å². The Morgan fingerprint density at radius 1 is 0.969 bits per heavy atom. The Kier molecular flexibility index (Phi) is 7.10. The number of rotatable bonds is 8. The Bertz CT molecular complexity index is 1020. The molecular formula is C26H31N5O. The predicted octanol–water partition coefficient (Wildman–Crippen LogP) is 4.71. The fourth-order valence-electron chi connectivity index (χ4n) is 4.29. The van der Waals surface area contributed by atoms with Crippen LogP contribution in [0.15, 0.2) is 60.9 Å². The molecule has 0 radical (unpaired) electrons. The summed E-state index contributed by atoms with van der Waals surface area (Å²) >= 11 is 0. The number of nitrogens with zero attached hydrogens (tertiary/aromatic N) is 5. The molecule has 1 saturated carbocycles. The van der Waals surface area contributed by atoms with Crippen LogP contribution in [0.5, 0.6) is 0 Å². The third-order valence-electron chi connectivity index (χ3n) is 6.04. The van der Waals surface area contributed by atoms with E-state index < -0.39 is 0 Å². The number of pyridine rings is 1. The summed E-state index contributed by atoms with van der Waals surface area (Å²) in [6, 6.07) is 16.0. The molecule has 1 aliphatic carbocycles. The molecule has 2 heterocycles. The third kappa shape index (κ3) is 5.49. The first-order chi connectivity index (χ1) is 15.6. The number of aromatic nitrogens is 3. The van der Waals surface area contributed by atoms with Gasteiger partial charge in [0, 0.05) is 45.0 Å². The SMILES string of the molecule is CN(C)c1ncc(-c2ccccn2)c(CN(Cc2ccccc2)C(=O)CC2CCCC2)n1. The standard InChI is InChI=1S/C26H31N5O/c1-30(2)26-28-17-22(23-14-8-9-15-27-23)24(29-26)19-31(18-21-12-4-3-5-13-21)25(32)16-20-10-6-7-11-20/h3-5,8-9,12-15,17,20H,6-7,10-11,16,18-19H2,1-2H3. The van der Waals surface area contributed by atoms with Crippen LogP contribution in [0.25, 0.3) is 11.3 Å². The zero-order valence-corrected chi connectivity index (χ0v) is 18.9. The maximum Gasteiger partial charge on any atom is 0.225 e. The molecule has 6 nitrogen and oxygen atoms in total. The van der Waals surface area contributed by atoms with Gasteiger partial charge in [-0.2, -0.15) is 0 Å². The van der Waals surface area contributed by atoms with Crippen molar-refractivity contribution in [2.75, 3.05) is 19.0 Å². The summed E-state index contributed by atoms with van der Waals surface area (Å²) in [6.07, 6.45) is 8.98. The molecule has 6 heteroatoms. The fourth-order valence-corrected chi connectivity index (χ4v) is 4.29. The van der Waals surface area contributed by atoms with Crippen LogP contribution in [-0.4, -0.2) is 39.9 Å². The minimum absolute atomic E-state index is 0.192. The highest BCUT2D eigenvalue weighted by Gasteiger charge is 2.24. The van der Waals surface area contributed by atoms with Gasteiger partial charge in [-0.25, -0.2) is 9.97 Å². The van der Waals surface area contributed by atoms with Crippen LogP contribution < -0.4 is 4.90 Å². The van der Waals surface area contributed by atoms with Crippen molar-refractivity contribution < 1.29 is 4.79 Å². The van der Waals surface area contributed by atoms with Crippen LogP contribution in [0, 0.1) is 5.92 Å². The Balaban J connectivity index is 1.66. The zero-order valence-electron chi connectivity index (χ0n) is 18.9. The number of benzene rings is 1. The molecule has 1 aromatic carbocycles. The molecule has 0 aliphatic heterocycles. The number of carbonyl (C=O) groups excluding carboxylic acids is 1. The van der Waals surface area contributed by atoms with Crippen LogP contribution in [-0.2, 0) is 17.9 Å². The summed E-state index contributed by atoms with van der Waals surface area (Å²) in [5.74, 6) is 1.32. The van der Waals surface area contributed by atoms with E-state index in [4.69, 9.17) is 4.98 Å². The minimum atomic E-state index is 0.192. The fraction of sp³-hybridized carbons (Fsp3) is 0.385. The van der Waals surface area contributed by atoms with Crippen molar-refractivity contribution in [3.8, 4) is 11.3 Å². The first-order valence-corrected chi connectivity index (χ1v) is 11.4. The molecule has 1 fully saturated rings. The van der Waals surface area contributed by atoms with Crippen LogP contribution in [0.2, 0.25) is 0 Å². The molecular weight excluding hydrogens is 398 g/mol. The van der Waals surface area contributed by atoms with Crippen LogP contribution in [0.4, 0.5) is 5.95 Å². The predicted molar refractivity (Wildman–Crippen MR) is 127 cm³/mol. The van der Waals surface area contributed by atoms with Gasteiger partial charge in [0.05, 0.1) is 17.9 Å². The van der Waals surface area contributed by atoms with E-state index in [1.165, 1.54) is 12.8 Å². The van der Waals surface area contributed by atoms with E-state index >= 15 is 0 Å². The number of hydrogen-bond acceptors (Lipinski definition) is 5. The molecule has 0 bridgehead atoms. The lowest BCUT2D eigenvalue weighted by Gasteiger charge is -2.25. The maximum atomic E-state index is 13.4. The van der Waals surface area contributed by atoms with Gasteiger partial charge in [0.25, 0.3) is 0 Å². The Morgan fingerprint density at radius 2 is 1.72 bits per heavy atom. The van der Waals surface area contributed by atoms with E-state index in [1.54, 1.807) is 6.20 Å². The van der Waals surface area contributed by atoms with E-state index in [1.807, 2.05) is 66.5 Å². The van der Waals surface area contributed by atoms with Crippen LogP contribution in [0.1, 0.15) is 43.4 Å². The molecule has 3 aromatic rings. The number of hydrogen-bond donors (Lipinski definition) is 0. The Labute approximate surface area is 190 Å². The summed E-state index contributed by atoms with van der Waals surface area (Å²) in [4.78, 5) is 31.1. The van der Waals surface area contributed by atoms with Crippen molar-refractivity contribution in [3.63, 3.8) is 0 Å². The molecule has 32 heavy (non-hydrogen) atoms. The highest BCUT2D eigenvalue weighted by atomic mass is 16.2. The average Bonchev–Trinajstić information content (AvgIpc) is 3.33. The summed E-state index contributed by atoms with van der Waals surface area (Å²) < 4.78 is 0. The van der Waals surface area contributed by atoms with Gasteiger partial charge in [0.15, 0.2) is 0 Å². The largest absolute Gasteiger partial charge is 0.347 e.